The molecule has 1 saturated heterocycles. The fourth-order valence-electron chi connectivity index (χ4n) is 4.13. The van der Waals surface area contributed by atoms with Crippen LogP contribution in [0, 0.1) is 11.6 Å². The Labute approximate surface area is 206 Å². The first-order chi connectivity index (χ1) is 16.9. The number of ether oxygens (including phenoxy) is 2. The van der Waals surface area contributed by atoms with Gasteiger partial charge in [0.05, 0.1) is 19.4 Å². The molecule has 0 aliphatic carbocycles. The molecule has 2 atom stereocenters. The summed E-state index contributed by atoms with van der Waals surface area (Å²) in [6.45, 7) is 0.147. The SMILES string of the molecule is COC(=O)OC1=C(CN2CC(F)(F)C[C@H]2C(=O)O)NC(c2nccs2)=N[C@@]1(C)c1ccc(F)c(F)c1. The molecule has 0 amide bonds. The highest BCUT2D eigenvalue weighted by Gasteiger charge is 2.50. The molecule has 3 heterocycles. The number of amidine groups is 1. The maximum absolute atomic E-state index is 14.2. The van der Waals surface area contributed by atoms with E-state index in [1.165, 1.54) is 30.5 Å². The van der Waals surface area contributed by atoms with Crippen molar-refractivity contribution in [3.8, 4) is 0 Å². The van der Waals surface area contributed by atoms with Crippen molar-refractivity contribution < 1.29 is 41.7 Å². The van der Waals surface area contributed by atoms with E-state index in [9.17, 15) is 32.3 Å². The molecule has 0 unspecified atom stereocenters. The lowest BCUT2D eigenvalue weighted by molar-refractivity contribution is -0.142. The number of aromatic nitrogens is 1. The van der Waals surface area contributed by atoms with E-state index in [4.69, 9.17) is 4.74 Å². The van der Waals surface area contributed by atoms with E-state index in [1.54, 1.807) is 5.38 Å². The van der Waals surface area contributed by atoms with Crippen molar-refractivity contribution in [2.45, 2.75) is 30.8 Å². The number of nitrogens with one attached hydrogen (secondary N) is 1. The molecular formula is C22H20F4N4O5S. The molecule has 36 heavy (non-hydrogen) atoms. The van der Waals surface area contributed by atoms with Crippen LogP contribution >= 0.6 is 11.3 Å². The zero-order valence-corrected chi connectivity index (χ0v) is 19.7. The largest absolute Gasteiger partial charge is 0.513 e. The summed E-state index contributed by atoms with van der Waals surface area (Å²) in [6.07, 6.45) is -0.603. The lowest BCUT2D eigenvalue weighted by atomic mass is 9.87. The molecule has 0 bridgehead atoms. The van der Waals surface area contributed by atoms with Gasteiger partial charge < -0.3 is 19.9 Å². The molecule has 192 valence electrons. The van der Waals surface area contributed by atoms with Gasteiger partial charge in [-0.05, 0) is 24.6 Å². The molecule has 1 fully saturated rings. The third-order valence-electron chi connectivity index (χ3n) is 5.80. The predicted molar refractivity (Wildman–Crippen MR) is 119 cm³/mol. The highest BCUT2D eigenvalue weighted by atomic mass is 32.1. The Kier molecular flexibility index (Phi) is 6.75. The van der Waals surface area contributed by atoms with Crippen LogP contribution in [-0.4, -0.2) is 65.1 Å². The van der Waals surface area contributed by atoms with Gasteiger partial charge in [0.15, 0.2) is 28.2 Å². The third-order valence-corrected chi connectivity index (χ3v) is 6.58. The van der Waals surface area contributed by atoms with Crippen molar-refractivity contribution in [2.75, 3.05) is 20.2 Å². The zero-order valence-electron chi connectivity index (χ0n) is 18.9. The number of aliphatic imine (C=N–C) groups is 1. The zero-order chi connectivity index (χ0) is 26.3. The second kappa shape index (κ2) is 9.50. The van der Waals surface area contributed by atoms with E-state index in [1.807, 2.05) is 0 Å². The number of carboxylic acids is 1. The molecule has 4 rings (SSSR count). The van der Waals surface area contributed by atoms with E-state index in [-0.39, 0.29) is 22.9 Å². The molecule has 14 heteroatoms. The number of halogens is 4. The van der Waals surface area contributed by atoms with Gasteiger partial charge in [0.1, 0.15) is 11.6 Å². The fraction of sp³-hybridized carbons (Fsp3) is 0.364. The number of benzene rings is 1. The third kappa shape index (κ3) is 4.91. The average Bonchev–Trinajstić information content (AvgIpc) is 3.45. The van der Waals surface area contributed by atoms with E-state index in [2.05, 4.69) is 20.0 Å². The smallest absolute Gasteiger partial charge is 0.480 e. The molecule has 2 aliphatic heterocycles. The van der Waals surface area contributed by atoms with Gasteiger partial charge in [-0.25, -0.2) is 32.3 Å². The Hall–Kier alpha value is -3.52. The van der Waals surface area contributed by atoms with Gasteiger partial charge in [0.25, 0.3) is 5.92 Å². The predicted octanol–water partition coefficient (Wildman–Crippen LogP) is 3.48. The van der Waals surface area contributed by atoms with Crippen molar-refractivity contribution in [3.05, 3.63) is 63.4 Å². The van der Waals surface area contributed by atoms with Crippen LogP contribution in [-0.2, 0) is 19.8 Å². The minimum absolute atomic E-state index is 0.00298. The number of carbonyl (C=O) groups excluding carboxylic acids is 1. The van der Waals surface area contributed by atoms with Crippen LogP contribution in [0.3, 0.4) is 0 Å². The van der Waals surface area contributed by atoms with Crippen LogP contribution in [0.4, 0.5) is 22.4 Å². The molecule has 1 aromatic heterocycles. The summed E-state index contributed by atoms with van der Waals surface area (Å²) in [4.78, 5) is 33.6. The summed E-state index contributed by atoms with van der Waals surface area (Å²) in [5.74, 6) is -7.17. The molecule has 2 aromatic rings. The molecule has 0 spiro atoms. The summed E-state index contributed by atoms with van der Waals surface area (Å²) >= 11 is 1.18. The van der Waals surface area contributed by atoms with E-state index in [0.717, 1.165) is 24.1 Å². The molecule has 0 radical (unpaired) electrons. The number of alkyl halides is 2. The second-order valence-corrected chi connectivity index (χ2v) is 9.20. The number of hydrogen-bond acceptors (Lipinski definition) is 9. The Morgan fingerprint density at radius 3 is 2.67 bits per heavy atom. The highest BCUT2D eigenvalue weighted by Crippen LogP contribution is 2.41. The fourth-order valence-corrected chi connectivity index (χ4v) is 4.71. The Morgan fingerprint density at radius 2 is 2.06 bits per heavy atom. The normalized spacial score (nSPS) is 23.7. The molecule has 1 aromatic carbocycles. The number of thiazole rings is 1. The van der Waals surface area contributed by atoms with Gasteiger partial charge in [-0.15, -0.1) is 11.3 Å². The Balaban J connectivity index is 1.88. The van der Waals surface area contributed by atoms with Gasteiger partial charge in [0.2, 0.25) is 0 Å². The Bertz CT molecular complexity index is 1250. The maximum Gasteiger partial charge on any atom is 0.513 e. The van der Waals surface area contributed by atoms with Gasteiger partial charge in [-0.3, -0.25) is 9.69 Å². The second-order valence-electron chi connectivity index (χ2n) is 8.31. The average molecular weight is 528 g/mol. The van der Waals surface area contributed by atoms with Gasteiger partial charge >= 0.3 is 12.1 Å². The van der Waals surface area contributed by atoms with Crippen molar-refractivity contribution in [1.82, 2.24) is 15.2 Å². The van der Waals surface area contributed by atoms with Crippen molar-refractivity contribution in [3.63, 3.8) is 0 Å². The number of carbonyl (C=O) groups is 2. The van der Waals surface area contributed by atoms with Crippen molar-refractivity contribution in [1.29, 1.82) is 0 Å². The summed E-state index contributed by atoms with van der Waals surface area (Å²) in [6, 6.07) is 1.44. The van der Waals surface area contributed by atoms with Crippen molar-refractivity contribution >= 4 is 29.3 Å². The lowest BCUT2D eigenvalue weighted by Gasteiger charge is -2.36. The number of rotatable bonds is 6. The van der Waals surface area contributed by atoms with Crippen LogP contribution in [0.15, 0.2) is 46.2 Å². The number of likely N-dealkylation sites (tertiary alicyclic amines) is 1. The van der Waals surface area contributed by atoms with Gasteiger partial charge in [0, 0.05) is 24.5 Å². The maximum atomic E-state index is 14.2. The molecule has 2 aliphatic rings. The van der Waals surface area contributed by atoms with Crippen LogP contribution in [0.2, 0.25) is 0 Å². The van der Waals surface area contributed by atoms with Crippen LogP contribution in [0.25, 0.3) is 0 Å². The highest BCUT2D eigenvalue weighted by molar-refractivity contribution is 7.11. The van der Waals surface area contributed by atoms with E-state index in [0.29, 0.717) is 5.01 Å². The summed E-state index contributed by atoms with van der Waals surface area (Å²) in [5, 5.41) is 14.4. The molecular weight excluding hydrogens is 508 g/mol. The number of carboxylic acid groups (broad SMARTS) is 1. The lowest BCUT2D eigenvalue weighted by Crippen LogP contribution is -2.46. The summed E-state index contributed by atoms with van der Waals surface area (Å²) in [5.41, 5.74) is -1.63. The quantitative estimate of drug-likeness (QED) is 0.433. The van der Waals surface area contributed by atoms with E-state index >= 15 is 0 Å². The summed E-state index contributed by atoms with van der Waals surface area (Å²) in [7, 11) is 1.04. The topological polar surface area (TPSA) is 113 Å². The monoisotopic (exact) mass is 528 g/mol. The minimum Gasteiger partial charge on any atom is -0.480 e. The van der Waals surface area contributed by atoms with Crippen LogP contribution in [0.1, 0.15) is 23.9 Å². The van der Waals surface area contributed by atoms with Gasteiger partial charge in [-0.1, -0.05) is 6.07 Å². The van der Waals surface area contributed by atoms with Crippen molar-refractivity contribution in [2.24, 2.45) is 4.99 Å². The number of nitrogens with zero attached hydrogens (tertiary/aromatic N) is 3. The van der Waals surface area contributed by atoms with Crippen LogP contribution in [0.5, 0.6) is 0 Å². The number of hydrogen-bond donors (Lipinski definition) is 2. The molecule has 2 N–H and O–H groups in total. The molecule has 0 saturated carbocycles. The molecule has 9 nitrogen and oxygen atoms in total. The first-order valence-electron chi connectivity index (χ1n) is 10.5. The Morgan fingerprint density at radius 1 is 1.31 bits per heavy atom. The van der Waals surface area contributed by atoms with E-state index < -0.39 is 60.8 Å². The first kappa shape index (κ1) is 25.6. The first-order valence-corrected chi connectivity index (χ1v) is 11.4. The van der Waals surface area contributed by atoms with Crippen LogP contribution < -0.4 is 5.32 Å². The number of methoxy groups -OCH3 is 1. The number of aliphatic carboxylic acids is 1. The standard InChI is InChI=1S/C22H20F4N4O5S/c1-21(11-3-4-12(23)13(24)7-11)16(35-20(33)34-2)14(28-17(29-21)18-27-5-6-36-18)9-30-10-22(25,26)8-15(30)19(31)32/h3-7,15H,8-10H2,1-2H3,(H,28,29)(H,31,32)/t15-,21-/m0/s1. The van der Waals surface area contributed by atoms with Gasteiger partial charge in [-0.2, -0.15) is 0 Å². The summed E-state index contributed by atoms with van der Waals surface area (Å²) < 4.78 is 66.2. The minimum atomic E-state index is -3.27.